The van der Waals surface area contributed by atoms with Crippen LogP contribution in [-0.2, 0) is 5.75 Å². The van der Waals surface area contributed by atoms with E-state index >= 15 is 0 Å². The molecule has 0 aliphatic rings. The molecule has 1 aromatic rings. The zero-order chi connectivity index (χ0) is 8.81. The Kier molecular flexibility index (Phi) is 4.65. The van der Waals surface area contributed by atoms with Crippen LogP contribution < -0.4 is 0 Å². The van der Waals surface area contributed by atoms with Gasteiger partial charge in [-0.15, -0.1) is 0 Å². The van der Waals surface area contributed by atoms with Crippen LogP contribution in [0.4, 0.5) is 0 Å². The molecule has 0 atom stereocenters. The maximum absolute atomic E-state index is 8.54. The monoisotopic (exact) mass is 247 g/mol. The highest BCUT2D eigenvalue weighted by atomic mass is 79.9. The molecule has 0 radical (unpaired) electrons. The van der Waals surface area contributed by atoms with E-state index in [4.69, 9.17) is 5.11 Å². The normalized spacial score (nSPS) is 10.2. The Labute approximate surface area is 84.5 Å². The van der Waals surface area contributed by atoms with E-state index in [1.165, 1.54) is 0 Å². The van der Waals surface area contributed by atoms with Crippen molar-refractivity contribution >= 4 is 27.7 Å². The molecule has 1 heterocycles. The summed E-state index contributed by atoms with van der Waals surface area (Å²) in [5, 5.41) is 8.54. The SMILES string of the molecule is OCCSCc1ccc(Br)cn1. The van der Waals surface area contributed by atoms with Crippen molar-refractivity contribution in [2.75, 3.05) is 12.4 Å². The van der Waals surface area contributed by atoms with Gasteiger partial charge in [0, 0.05) is 22.2 Å². The van der Waals surface area contributed by atoms with Crippen LogP contribution >= 0.6 is 27.7 Å². The van der Waals surface area contributed by atoms with Gasteiger partial charge < -0.3 is 5.11 Å². The number of aliphatic hydroxyl groups is 1. The summed E-state index contributed by atoms with van der Waals surface area (Å²) in [7, 11) is 0. The van der Waals surface area contributed by atoms with Gasteiger partial charge in [-0.2, -0.15) is 11.8 Å². The standard InChI is InChI=1S/C8H10BrNOS/c9-7-1-2-8(10-5-7)6-12-4-3-11/h1-2,5,11H,3-4,6H2. The molecule has 4 heteroatoms. The highest BCUT2D eigenvalue weighted by Crippen LogP contribution is 2.12. The number of pyridine rings is 1. The van der Waals surface area contributed by atoms with Gasteiger partial charge in [0.1, 0.15) is 0 Å². The van der Waals surface area contributed by atoms with Gasteiger partial charge in [-0.05, 0) is 28.1 Å². The second kappa shape index (κ2) is 5.56. The number of nitrogens with zero attached hydrogens (tertiary/aromatic N) is 1. The van der Waals surface area contributed by atoms with E-state index < -0.39 is 0 Å². The third-order valence-electron chi connectivity index (χ3n) is 1.27. The molecule has 0 fully saturated rings. The molecule has 0 unspecified atom stereocenters. The van der Waals surface area contributed by atoms with Crippen molar-refractivity contribution in [3.63, 3.8) is 0 Å². The fourth-order valence-corrected chi connectivity index (χ4v) is 1.62. The summed E-state index contributed by atoms with van der Waals surface area (Å²) >= 11 is 5.00. The number of aromatic nitrogens is 1. The van der Waals surface area contributed by atoms with Crippen LogP contribution in [-0.4, -0.2) is 22.5 Å². The van der Waals surface area contributed by atoms with Crippen molar-refractivity contribution in [3.05, 3.63) is 28.5 Å². The minimum atomic E-state index is 0.237. The van der Waals surface area contributed by atoms with Gasteiger partial charge in [-0.1, -0.05) is 0 Å². The number of halogens is 1. The molecule has 0 saturated heterocycles. The molecule has 2 nitrogen and oxygen atoms in total. The quantitative estimate of drug-likeness (QED) is 0.828. The van der Waals surface area contributed by atoms with Gasteiger partial charge >= 0.3 is 0 Å². The first kappa shape index (κ1) is 10.0. The molecule has 0 aliphatic heterocycles. The lowest BCUT2D eigenvalue weighted by atomic mass is 10.4. The summed E-state index contributed by atoms with van der Waals surface area (Å²) in [6.45, 7) is 0.237. The largest absolute Gasteiger partial charge is 0.396 e. The number of hydrogen-bond donors (Lipinski definition) is 1. The molecule has 1 aromatic heterocycles. The lowest BCUT2D eigenvalue weighted by Gasteiger charge is -1.98. The topological polar surface area (TPSA) is 33.1 Å². The third-order valence-corrected chi connectivity index (χ3v) is 2.71. The molecule has 1 N–H and O–H groups in total. The van der Waals surface area contributed by atoms with Crippen molar-refractivity contribution in [2.45, 2.75) is 5.75 Å². The van der Waals surface area contributed by atoms with Crippen LogP contribution in [0.3, 0.4) is 0 Å². The summed E-state index contributed by atoms with van der Waals surface area (Å²) in [4.78, 5) is 4.20. The minimum absolute atomic E-state index is 0.237. The Morgan fingerprint density at radius 2 is 2.33 bits per heavy atom. The molecule has 0 amide bonds. The Morgan fingerprint density at radius 3 is 2.92 bits per heavy atom. The molecule has 0 aromatic carbocycles. The summed E-state index contributed by atoms with van der Waals surface area (Å²) < 4.78 is 0.999. The lowest BCUT2D eigenvalue weighted by molar-refractivity contribution is 0.322. The van der Waals surface area contributed by atoms with E-state index in [0.29, 0.717) is 0 Å². The maximum Gasteiger partial charge on any atom is 0.0521 e. The summed E-state index contributed by atoms with van der Waals surface area (Å²) in [6, 6.07) is 3.95. The molecule has 0 spiro atoms. The van der Waals surface area contributed by atoms with Crippen molar-refractivity contribution in [3.8, 4) is 0 Å². The van der Waals surface area contributed by atoms with Crippen LogP contribution in [0.1, 0.15) is 5.69 Å². The molecular weight excluding hydrogens is 238 g/mol. The van der Waals surface area contributed by atoms with E-state index in [-0.39, 0.29) is 6.61 Å². The van der Waals surface area contributed by atoms with Gasteiger partial charge in [0.05, 0.1) is 12.3 Å². The highest BCUT2D eigenvalue weighted by Gasteiger charge is 1.93. The van der Waals surface area contributed by atoms with E-state index in [1.54, 1.807) is 18.0 Å². The summed E-state index contributed by atoms with van der Waals surface area (Å²) in [5.74, 6) is 1.64. The number of aliphatic hydroxyl groups excluding tert-OH is 1. The predicted molar refractivity (Wildman–Crippen MR) is 55.2 cm³/mol. The maximum atomic E-state index is 8.54. The second-order valence-electron chi connectivity index (χ2n) is 2.24. The van der Waals surface area contributed by atoms with Gasteiger partial charge in [0.2, 0.25) is 0 Å². The zero-order valence-corrected chi connectivity index (χ0v) is 8.94. The Morgan fingerprint density at radius 1 is 1.50 bits per heavy atom. The minimum Gasteiger partial charge on any atom is -0.396 e. The van der Waals surface area contributed by atoms with Gasteiger partial charge in [-0.25, -0.2) is 0 Å². The highest BCUT2D eigenvalue weighted by molar-refractivity contribution is 9.10. The number of thioether (sulfide) groups is 1. The predicted octanol–water partition coefficient (Wildman–Crippen LogP) is 2.07. The molecule has 0 bridgehead atoms. The molecule has 0 aliphatic carbocycles. The Balaban J connectivity index is 2.37. The lowest BCUT2D eigenvalue weighted by Crippen LogP contribution is -1.90. The van der Waals surface area contributed by atoms with E-state index in [9.17, 15) is 0 Å². The average molecular weight is 248 g/mol. The van der Waals surface area contributed by atoms with Crippen molar-refractivity contribution < 1.29 is 5.11 Å². The number of hydrogen-bond acceptors (Lipinski definition) is 3. The van der Waals surface area contributed by atoms with Crippen LogP contribution in [0.2, 0.25) is 0 Å². The first-order chi connectivity index (χ1) is 5.83. The molecular formula is C8H10BrNOS. The summed E-state index contributed by atoms with van der Waals surface area (Å²) in [6.07, 6.45) is 1.79. The Hall–Kier alpha value is -0.0600. The van der Waals surface area contributed by atoms with Crippen LogP contribution in [0.15, 0.2) is 22.8 Å². The first-order valence-electron chi connectivity index (χ1n) is 3.62. The molecule has 0 saturated carbocycles. The summed E-state index contributed by atoms with van der Waals surface area (Å²) in [5.41, 5.74) is 1.05. The zero-order valence-electron chi connectivity index (χ0n) is 6.53. The van der Waals surface area contributed by atoms with Gasteiger partial charge in [0.25, 0.3) is 0 Å². The van der Waals surface area contributed by atoms with E-state index in [1.807, 2.05) is 12.1 Å². The van der Waals surface area contributed by atoms with Crippen molar-refractivity contribution in [2.24, 2.45) is 0 Å². The Bertz CT molecular complexity index is 227. The smallest absolute Gasteiger partial charge is 0.0521 e. The van der Waals surface area contributed by atoms with Crippen LogP contribution in [0.5, 0.6) is 0 Å². The third kappa shape index (κ3) is 3.56. The molecule has 1 rings (SSSR count). The van der Waals surface area contributed by atoms with Crippen LogP contribution in [0.25, 0.3) is 0 Å². The van der Waals surface area contributed by atoms with Crippen molar-refractivity contribution in [1.82, 2.24) is 4.98 Å². The molecule has 12 heavy (non-hydrogen) atoms. The average Bonchev–Trinajstić information content (AvgIpc) is 2.09. The van der Waals surface area contributed by atoms with E-state index in [0.717, 1.165) is 21.7 Å². The van der Waals surface area contributed by atoms with Crippen molar-refractivity contribution in [1.29, 1.82) is 0 Å². The van der Waals surface area contributed by atoms with Crippen LogP contribution in [0, 0.1) is 0 Å². The first-order valence-corrected chi connectivity index (χ1v) is 5.56. The second-order valence-corrected chi connectivity index (χ2v) is 4.26. The number of rotatable bonds is 4. The van der Waals surface area contributed by atoms with E-state index in [2.05, 4.69) is 20.9 Å². The fourth-order valence-electron chi connectivity index (χ4n) is 0.733. The fraction of sp³-hybridized carbons (Fsp3) is 0.375. The molecule has 66 valence electrons. The van der Waals surface area contributed by atoms with Gasteiger partial charge in [-0.3, -0.25) is 4.98 Å². The van der Waals surface area contributed by atoms with Gasteiger partial charge in [0.15, 0.2) is 0 Å².